The van der Waals surface area contributed by atoms with E-state index < -0.39 is 24.2 Å². The average molecular weight is 672 g/mol. The van der Waals surface area contributed by atoms with Crippen molar-refractivity contribution in [2.45, 2.75) is 144 Å². The molecular weight excluding hydrogens is 617 g/mol. The highest BCUT2D eigenvalue weighted by Gasteiger charge is 2.60. The number of hydrogen-bond donors (Lipinski definition) is 3. The van der Waals surface area contributed by atoms with Crippen LogP contribution in [0.1, 0.15) is 70.6 Å². The highest BCUT2D eigenvalue weighted by atomic mass is 19.1. The van der Waals surface area contributed by atoms with E-state index in [1.165, 1.54) is 12.8 Å². The van der Waals surface area contributed by atoms with Crippen LogP contribution < -0.4 is 16.0 Å². The van der Waals surface area contributed by atoms with E-state index in [9.17, 15) is 14.5 Å². The van der Waals surface area contributed by atoms with Gasteiger partial charge in [0.15, 0.2) is 5.78 Å². The second kappa shape index (κ2) is 13.9. The van der Waals surface area contributed by atoms with E-state index >= 15 is 4.39 Å². The lowest BCUT2D eigenvalue weighted by atomic mass is 9.69. The molecular formula is C35H54FN7O5. The summed E-state index contributed by atoms with van der Waals surface area (Å²) in [6.45, 7) is 5.28. The Kier molecular flexibility index (Phi) is 9.62. The molecule has 8 rings (SSSR count). The van der Waals surface area contributed by atoms with Gasteiger partial charge in [-0.15, -0.1) is 0 Å². The number of likely N-dealkylation sites (tertiary alicyclic amines) is 2. The zero-order valence-corrected chi connectivity index (χ0v) is 28.3. The molecule has 0 radical (unpaired) electrons. The zero-order valence-electron chi connectivity index (χ0n) is 28.3. The number of ketones is 1. The second-order valence-electron chi connectivity index (χ2n) is 15.9. The van der Waals surface area contributed by atoms with Gasteiger partial charge in [0.25, 0.3) is 5.91 Å². The first kappa shape index (κ1) is 33.1. The van der Waals surface area contributed by atoms with E-state index in [0.29, 0.717) is 38.4 Å². The number of amides is 1. The van der Waals surface area contributed by atoms with Crippen LogP contribution in [-0.2, 0) is 19.1 Å². The van der Waals surface area contributed by atoms with Gasteiger partial charge in [0, 0.05) is 56.3 Å². The van der Waals surface area contributed by atoms with E-state index in [1.54, 1.807) is 6.20 Å². The Balaban J connectivity index is 1.03. The molecule has 266 valence electrons. The van der Waals surface area contributed by atoms with Gasteiger partial charge in [0.1, 0.15) is 6.17 Å². The quantitative estimate of drug-likeness (QED) is 0.245. The van der Waals surface area contributed by atoms with E-state index in [0.717, 1.165) is 58.3 Å². The van der Waals surface area contributed by atoms with Gasteiger partial charge in [-0.05, 0) is 90.9 Å². The SMILES string of the molecule is CN1CCCC1CCNC(=O)C1=CN2C3CC4OC5CC(N=O)CCC5NC4CC3OC3C(NCCN4CCCC4)C(F)CC(C1=O)C32. The maximum absolute atomic E-state index is 16.2. The van der Waals surface area contributed by atoms with Crippen LogP contribution in [0.4, 0.5) is 4.39 Å². The van der Waals surface area contributed by atoms with Gasteiger partial charge < -0.3 is 40.1 Å². The van der Waals surface area contributed by atoms with Crippen LogP contribution in [0.25, 0.3) is 0 Å². The molecule has 3 N–H and O–H groups in total. The predicted molar refractivity (Wildman–Crippen MR) is 177 cm³/mol. The number of ether oxygens (including phenoxy) is 2. The molecule has 12 nitrogen and oxygen atoms in total. The fraction of sp³-hybridized carbons (Fsp3) is 0.886. The number of halogens is 1. The molecule has 8 aliphatic rings. The Morgan fingerprint density at radius 2 is 1.83 bits per heavy atom. The van der Waals surface area contributed by atoms with Crippen molar-refractivity contribution < 1.29 is 23.5 Å². The lowest BCUT2D eigenvalue weighted by molar-refractivity contribution is -0.222. The summed E-state index contributed by atoms with van der Waals surface area (Å²) in [4.78, 5) is 46.0. The molecule has 0 aromatic carbocycles. The minimum atomic E-state index is -1.26. The van der Waals surface area contributed by atoms with Crippen molar-refractivity contribution in [3.05, 3.63) is 16.7 Å². The fourth-order valence-electron chi connectivity index (χ4n) is 10.5. The maximum Gasteiger partial charge on any atom is 0.256 e. The van der Waals surface area contributed by atoms with Crippen molar-refractivity contribution in [1.82, 2.24) is 30.7 Å². The molecule has 0 spiro atoms. The molecule has 4 saturated heterocycles. The number of nitrogens with zero attached hydrogens (tertiary/aromatic N) is 4. The summed E-state index contributed by atoms with van der Waals surface area (Å²) < 4.78 is 29.9. The average Bonchev–Trinajstić information content (AvgIpc) is 3.76. The van der Waals surface area contributed by atoms with Crippen LogP contribution in [0.3, 0.4) is 0 Å². The lowest BCUT2D eigenvalue weighted by Gasteiger charge is -2.61. The fourth-order valence-corrected chi connectivity index (χ4v) is 10.5. The largest absolute Gasteiger partial charge is 0.372 e. The lowest BCUT2D eigenvalue weighted by Crippen LogP contribution is -2.75. The molecule has 1 amide bonds. The van der Waals surface area contributed by atoms with E-state index in [-0.39, 0.29) is 72.2 Å². The van der Waals surface area contributed by atoms with Gasteiger partial charge >= 0.3 is 0 Å². The molecule has 0 aromatic heterocycles. The number of carbonyl (C=O) groups excluding carboxylic acids is 2. The van der Waals surface area contributed by atoms with Crippen LogP contribution >= 0.6 is 0 Å². The highest BCUT2D eigenvalue weighted by Crippen LogP contribution is 2.47. The minimum absolute atomic E-state index is 0.0610. The smallest absolute Gasteiger partial charge is 0.256 e. The van der Waals surface area contributed by atoms with Crippen molar-refractivity contribution in [1.29, 1.82) is 0 Å². The molecule has 13 heteroatoms. The van der Waals surface area contributed by atoms with E-state index in [4.69, 9.17) is 9.47 Å². The number of nitroso groups, excluding NO2 is 1. The summed E-state index contributed by atoms with van der Waals surface area (Å²) >= 11 is 0. The monoisotopic (exact) mass is 671 g/mol. The number of carbonyl (C=O) groups is 2. The molecule has 3 saturated carbocycles. The van der Waals surface area contributed by atoms with Crippen LogP contribution in [0.5, 0.6) is 0 Å². The molecule has 48 heavy (non-hydrogen) atoms. The molecule has 13 unspecified atom stereocenters. The van der Waals surface area contributed by atoms with E-state index in [2.05, 4.69) is 42.9 Å². The van der Waals surface area contributed by atoms with Crippen LogP contribution in [-0.4, -0.2) is 146 Å². The number of morpholine rings is 2. The molecule has 0 aromatic rings. The standard InChI is InChI=1S/C35H54FN7O5/c1-41-11-4-5-21(41)8-9-38-35(45)23-19-43-27-18-29-26(39-25-7-6-20(40-46)15-28(25)47-29)17-30(27)48-34-31(37-10-14-42-12-2-3-13-42)24(36)16-22(32(34)43)33(23)44/h19-22,24-32,34,37,39H,2-18H2,1H3,(H,38,45). The first-order valence-electron chi connectivity index (χ1n) is 18.9. The molecule has 5 heterocycles. The second-order valence-corrected chi connectivity index (χ2v) is 15.9. The predicted octanol–water partition coefficient (Wildman–Crippen LogP) is 1.48. The first-order chi connectivity index (χ1) is 23.4. The van der Waals surface area contributed by atoms with Gasteiger partial charge in [0.2, 0.25) is 0 Å². The van der Waals surface area contributed by atoms with Crippen molar-refractivity contribution in [2.24, 2.45) is 11.1 Å². The van der Waals surface area contributed by atoms with Gasteiger partial charge in [-0.1, -0.05) is 5.18 Å². The summed E-state index contributed by atoms with van der Waals surface area (Å²) in [5.74, 6) is -1.28. The third kappa shape index (κ3) is 6.25. The Morgan fingerprint density at radius 1 is 1.00 bits per heavy atom. The summed E-state index contributed by atoms with van der Waals surface area (Å²) in [6, 6.07) is -0.498. The van der Waals surface area contributed by atoms with Gasteiger partial charge in [-0.25, -0.2) is 4.39 Å². The number of alkyl halides is 1. The van der Waals surface area contributed by atoms with Gasteiger partial charge in [-0.3, -0.25) is 9.59 Å². The summed E-state index contributed by atoms with van der Waals surface area (Å²) in [5, 5.41) is 13.7. The van der Waals surface area contributed by atoms with E-state index in [1.807, 2.05) is 0 Å². The van der Waals surface area contributed by atoms with Crippen molar-refractivity contribution in [3.63, 3.8) is 0 Å². The van der Waals surface area contributed by atoms with Crippen LogP contribution in [0.2, 0.25) is 0 Å². The van der Waals surface area contributed by atoms with Crippen molar-refractivity contribution >= 4 is 11.7 Å². The summed E-state index contributed by atoms with van der Waals surface area (Å²) in [5.41, 5.74) is 0.139. The number of Topliss-reactive ketones (excluding diaryl/α,β-unsaturated/α-hetero) is 1. The molecule has 3 aliphatic carbocycles. The minimum Gasteiger partial charge on any atom is -0.372 e. The molecule has 5 aliphatic heterocycles. The van der Waals surface area contributed by atoms with Crippen molar-refractivity contribution in [3.8, 4) is 0 Å². The Hall–Kier alpha value is -2.03. The number of nitrogens with one attached hydrogen (secondary N) is 3. The third-order valence-corrected chi connectivity index (χ3v) is 13.1. The third-order valence-electron chi connectivity index (χ3n) is 13.1. The number of rotatable bonds is 9. The Morgan fingerprint density at radius 3 is 2.62 bits per heavy atom. The normalized spacial score (nSPS) is 44.3. The number of fused-ring (bicyclic) bond motifs is 4. The Labute approximate surface area is 283 Å². The maximum atomic E-state index is 16.2. The van der Waals surface area contributed by atoms with Gasteiger partial charge in [-0.2, -0.15) is 4.91 Å². The van der Waals surface area contributed by atoms with Gasteiger partial charge in [0.05, 0.1) is 54.2 Å². The molecule has 13 atom stereocenters. The summed E-state index contributed by atoms with van der Waals surface area (Å²) in [7, 11) is 2.12. The van der Waals surface area contributed by atoms with Crippen LogP contribution in [0.15, 0.2) is 16.9 Å². The first-order valence-corrected chi connectivity index (χ1v) is 18.9. The summed E-state index contributed by atoms with van der Waals surface area (Å²) in [6.07, 6.45) is 8.91. The molecule has 7 fully saturated rings. The topological polar surface area (TPSA) is 128 Å². The zero-order chi connectivity index (χ0) is 32.9. The number of hydrogen-bond acceptors (Lipinski definition) is 11. The highest BCUT2D eigenvalue weighted by molar-refractivity contribution is 6.20. The van der Waals surface area contributed by atoms with Crippen LogP contribution in [0, 0.1) is 10.8 Å². The Bertz CT molecular complexity index is 1250. The molecule has 0 bridgehead atoms. The van der Waals surface area contributed by atoms with Crippen molar-refractivity contribution in [2.75, 3.05) is 46.3 Å².